The normalized spacial score (nSPS) is 35.2. The topological polar surface area (TPSA) is 127 Å². The average Bonchev–Trinajstić information content (AvgIpc) is 3.65. The van der Waals surface area contributed by atoms with Crippen LogP contribution >= 0.6 is 11.3 Å². The molecule has 2 fully saturated rings. The lowest BCUT2D eigenvalue weighted by molar-refractivity contribution is -0.0907. The lowest BCUT2D eigenvalue weighted by Gasteiger charge is -2.31. The smallest absolute Gasteiger partial charge is 0.407 e. The highest BCUT2D eigenvalue weighted by molar-refractivity contribution is 7.89. The molecule has 0 radical (unpaired) electrons. The first kappa shape index (κ1) is 15.0. The van der Waals surface area contributed by atoms with Gasteiger partial charge in [-0.2, -0.15) is 4.31 Å². The molecule has 12 heteroatoms. The molecule has 0 saturated carbocycles. The standard InChI is InChI=1S/C28H35N3O7S2/c1-18(2)14-31(40(34,35)20-8-9-22-26(13-20)39-17-29-22)15-24(32)23(12-19-6-4-3-5-7-19)30-28(33)38-25-16-37-27-21(25)10-11-36-27/h3-9,13,17-18,21,23-25,27,32H,10-12,14-16H2,1-2H3,(H,30,33)/t21-,23-,24+,25-,27+/m0/s1/i1D3,2D3,10D2,11D2,14D2,16D2,18D,25D. The van der Waals surface area contributed by atoms with Gasteiger partial charge in [0.2, 0.25) is 10.0 Å². The van der Waals surface area contributed by atoms with Crippen molar-refractivity contribution in [1.29, 1.82) is 0 Å². The summed E-state index contributed by atoms with van der Waals surface area (Å²) in [5, 5.41) is 13.9. The summed E-state index contributed by atoms with van der Waals surface area (Å²) in [5.74, 6) is -6.43. The molecule has 0 bridgehead atoms. The molecule has 0 aliphatic carbocycles. The van der Waals surface area contributed by atoms with Crippen LogP contribution in [0.5, 0.6) is 0 Å². The van der Waals surface area contributed by atoms with Crippen LogP contribution in [0.1, 0.15) is 47.6 Å². The van der Waals surface area contributed by atoms with Gasteiger partial charge >= 0.3 is 6.09 Å². The molecule has 0 unspecified atom stereocenters. The molecule has 2 aromatic carbocycles. The molecule has 1 aromatic heterocycles. The zero-order valence-corrected chi connectivity index (χ0v) is 22.2. The molecule has 2 N–H and O–H groups in total. The number of aromatic nitrogens is 1. The Hall–Kier alpha value is -2.61. The molecule has 5 rings (SSSR count). The molecule has 1 amide bonds. The number of amides is 1. The minimum absolute atomic E-state index is 0.259. The van der Waals surface area contributed by atoms with Gasteiger partial charge in [0.05, 0.1) is 58.7 Å². The third-order valence-corrected chi connectivity index (χ3v) is 8.43. The molecule has 3 aromatic rings. The van der Waals surface area contributed by atoms with E-state index < -0.39 is 110 Å². The quantitative estimate of drug-likeness (QED) is 0.341. The molecule has 2 saturated heterocycles. The summed E-state index contributed by atoms with van der Waals surface area (Å²) < 4.78 is 175. The van der Waals surface area contributed by atoms with Gasteiger partial charge in [-0.15, -0.1) is 11.3 Å². The Morgan fingerprint density at radius 3 is 3.00 bits per heavy atom. The van der Waals surface area contributed by atoms with Crippen molar-refractivity contribution in [2.45, 2.75) is 55.9 Å². The Balaban J connectivity index is 1.57. The van der Waals surface area contributed by atoms with Crippen molar-refractivity contribution in [3.05, 3.63) is 59.6 Å². The maximum absolute atomic E-state index is 14.4. The largest absolute Gasteiger partial charge is 0.443 e. The first-order valence-electron chi connectivity index (χ1n) is 19.8. The number of benzene rings is 2. The molecule has 3 heterocycles. The van der Waals surface area contributed by atoms with E-state index in [1.54, 1.807) is 6.07 Å². The van der Waals surface area contributed by atoms with Crippen molar-refractivity contribution in [3.63, 3.8) is 0 Å². The van der Waals surface area contributed by atoms with Crippen LogP contribution < -0.4 is 5.32 Å². The summed E-state index contributed by atoms with van der Waals surface area (Å²) >= 11 is 0.977. The van der Waals surface area contributed by atoms with E-state index in [9.17, 15) is 18.3 Å². The third-order valence-electron chi connectivity index (χ3n) is 5.97. The van der Waals surface area contributed by atoms with Gasteiger partial charge in [0.25, 0.3) is 0 Å². The Kier molecular flexibility index (Phi) is 4.70. The van der Waals surface area contributed by atoms with E-state index in [-0.39, 0.29) is 9.01 Å². The van der Waals surface area contributed by atoms with E-state index in [4.69, 9.17) is 36.1 Å². The monoisotopic (exact) mass is 605 g/mol. The molecule has 10 nitrogen and oxygen atoms in total. The molecule has 5 atom stereocenters. The number of hydrogen-bond donors (Lipinski definition) is 2. The highest BCUT2D eigenvalue weighted by atomic mass is 32.2. The molecule has 40 heavy (non-hydrogen) atoms. The van der Waals surface area contributed by atoms with Gasteiger partial charge in [0.1, 0.15) is 6.08 Å². The summed E-state index contributed by atoms with van der Waals surface area (Å²) in [7, 11) is -5.41. The van der Waals surface area contributed by atoms with Crippen LogP contribution in [-0.4, -0.2) is 79.6 Å². The summed E-state index contributed by atoms with van der Waals surface area (Å²) in [6.45, 7) is -20.2. The number of sulfonamides is 1. The number of aliphatic hydroxyl groups excluding tert-OH is 1. The van der Waals surface area contributed by atoms with Crippen molar-refractivity contribution in [2.75, 3.05) is 26.2 Å². The van der Waals surface area contributed by atoms with Crippen molar-refractivity contribution < 1.29 is 54.5 Å². The van der Waals surface area contributed by atoms with Gasteiger partial charge in [0, 0.05) is 28.1 Å². The Morgan fingerprint density at radius 1 is 1.38 bits per heavy atom. The zero-order chi connectivity index (χ0) is 42.3. The average molecular weight is 606 g/mol. The van der Waals surface area contributed by atoms with Crippen LogP contribution in [0.3, 0.4) is 0 Å². The molecule has 216 valence electrons. The van der Waals surface area contributed by atoms with Gasteiger partial charge in [-0.1, -0.05) is 44.0 Å². The number of ether oxygens (including phenoxy) is 3. The Bertz CT molecular complexity index is 2040. The Labute approximate surface area is 260 Å². The number of nitrogens with zero attached hydrogens (tertiary/aromatic N) is 2. The van der Waals surface area contributed by atoms with Crippen LogP contribution in [0.2, 0.25) is 0 Å². The first-order valence-corrected chi connectivity index (χ1v) is 14.1. The van der Waals surface area contributed by atoms with E-state index in [1.165, 1.54) is 35.8 Å². The SMILES string of the molecule is [2H]C([2H])([2H])C([2H])(C([2H])([2H])[2H])C([2H])([2H])N(C[C@@H](O)[C@H](Cc1ccccc1)NC(=O)O[C@]1([2H])[C@H]2[C@H](OC([2H])([2H])C2([2H])[2H])OC1([2H])[2H])S(=O)(=O)c1ccc2ncsc2c1. The number of thiazole rings is 1. The maximum atomic E-state index is 14.4. The number of nitrogens with one attached hydrogen (secondary N) is 1. The number of carbonyl (C=O) groups is 1. The van der Waals surface area contributed by atoms with E-state index >= 15 is 0 Å². The minimum atomic E-state index is -5.41. The first-order chi connectivity index (χ1) is 25.3. The maximum Gasteiger partial charge on any atom is 0.407 e. The van der Waals surface area contributed by atoms with Crippen LogP contribution in [0, 0.1) is 11.8 Å². The van der Waals surface area contributed by atoms with Crippen LogP contribution in [0.15, 0.2) is 58.9 Å². The van der Waals surface area contributed by atoms with Gasteiger partial charge in [0.15, 0.2) is 6.29 Å². The van der Waals surface area contributed by atoms with Gasteiger partial charge in [-0.3, -0.25) is 0 Å². The van der Waals surface area contributed by atoms with E-state index in [1.807, 2.05) is 0 Å². The summed E-state index contributed by atoms with van der Waals surface area (Å²) in [4.78, 5) is 16.9. The fourth-order valence-corrected chi connectivity index (χ4v) is 6.13. The molecule has 2 aliphatic rings. The fraction of sp³-hybridized carbons (Fsp3) is 0.500. The highest BCUT2D eigenvalue weighted by Crippen LogP contribution is 2.33. The lowest BCUT2D eigenvalue weighted by atomic mass is 10.0. The van der Waals surface area contributed by atoms with E-state index in [0.29, 0.717) is 11.1 Å². The number of aliphatic hydroxyl groups is 1. The van der Waals surface area contributed by atoms with E-state index in [0.717, 1.165) is 23.5 Å². The molecular formula is C28H35N3O7S2. The zero-order valence-electron chi connectivity index (χ0n) is 36.5. The van der Waals surface area contributed by atoms with Crippen LogP contribution in [0.25, 0.3) is 10.2 Å². The molecular weight excluding hydrogens is 554 g/mol. The molecule has 0 spiro atoms. The van der Waals surface area contributed by atoms with Crippen molar-refractivity contribution in [1.82, 2.24) is 14.6 Å². The predicted molar refractivity (Wildman–Crippen MR) is 150 cm³/mol. The summed E-state index contributed by atoms with van der Waals surface area (Å²) in [5.41, 5.74) is 2.00. The third kappa shape index (κ3) is 6.64. The number of hydrogen-bond acceptors (Lipinski definition) is 9. The predicted octanol–water partition coefficient (Wildman–Crippen LogP) is 3.40. The van der Waals surface area contributed by atoms with Crippen molar-refractivity contribution >= 4 is 37.7 Å². The van der Waals surface area contributed by atoms with Gasteiger partial charge < -0.3 is 24.6 Å². The summed E-state index contributed by atoms with van der Waals surface area (Å²) in [6, 6.07) is 9.03. The number of rotatable bonds is 11. The fourth-order valence-electron chi connectivity index (χ4n) is 4.02. The van der Waals surface area contributed by atoms with Gasteiger partial charge in [-0.25, -0.2) is 18.2 Å². The van der Waals surface area contributed by atoms with Crippen molar-refractivity contribution in [2.24, 2.45) is 11.8 Å². The van der Waals surface area contributed by atoms with E-state index in [2.05, 4.69) is 10.3 Å². The second kappa shape index (κ2) is 12.5. The molecule has 2 aliphatic heterocycles. The van der Waals surface area contributed by atoms with Crippen LogP contribution in [0.4, 0.5) is 4.79 Å². The number of carbonyl (C=O) groups excluding carboxylic acids is 1. The second-order valence-electron chi connectivity index (χ2n) is 8.70. The van der Waals surface area contributed by atoms with Crippen LogP contribution in [-0.2, 0) is 30.7 Å². The summed E-state index contributed by atoms with van der Waals surface area (Å²) in [6.07, 6.45) is -13.1. The lowest BCUT2D eigenvalue weighted by Crippen LogP contribution is -2.51. The number of fused-ring (bicyclic) bond motifs is 2. The number of alkyl carbamates (subject to hydrolysis) is 1. The highest BCUT2D eigenvalue weighted by Gasteiger charge is 2.44. The Morgan fingerprint density at radius 2 is 2.20 bits per heavy atom. The second-order valence-corrected chi connectivity index (χ2v) is 11.4. The minimum Gasteiger partial charge on any atom is -0.443 e. The van der Waals surface area contributed by atoms with Gasteiger partial charge in [-0.05, 0) is 42.5 Å². The van der Waals surface area contributed by atoms with Crippen molar-refractivity contribution in [3.8, 4) is 0 Å².